The third-order valence-electron chi connectivity index (χ3n) is 1.83. The van der Waals surface area contributed by atoms with E-state index in [9.17, 15) is 4.79 Å². The molecule has 2 aliphatic rings. The summed E-state index contributed by atoms with van der Waals surface area (Å²) in [6.07, 6.45) is 9.28. The van der Waals surface area contributed by atoms with Gasteiger partial charge in [0.2, 0.25) is 0 Å². The molecule has 0 radical (unpaired) electrons. The Morgan fingerprint density at radius 3 is 3.27 bits per heavy atom. The van der Waals surface area contributed by atoms with Gasteiger partial charge in [0.25, 0.3) is 0 Å². The zero-order valence-corrected chi connectivity index (χ0v) is 5.99. The predicted molar refractivity (Wildman–Crippen MR) is 40.9 cm³/mol. The van der Waals surface area contributed by atoms with Crippen LogP contribution in [-0.4, -0.2) is 11.9 Å². The van der Waals surface area contributed by atoms with Crippen LogP contribution in [0.2, 0.25) is 0 Å². The Balaban J connectivity index is 2.33. The van der Waals surface area contributed by atoms with Crippen LogP contribution < -0.4 is 0 Å². The number of hydrogen-bond donors (Lipinski definition) is 0. The van der Waals surface area contributed by atoms with Crippen LogP contribution in [0.1, 0.15) is 6.42 Å². The molecule has 0 saturated carbocycles. The molecule has 1 aliphatic carbocycles. The van der Waals surface area contributed by atoms with E-state index in [4.69, 9.17) is 4.74 Å². The van der Waals surface area contributed by atoms with E-state index < -0.39 is 0 Å². The highest BCUT2D eigenvalue weighted by Crippen LogP contribution is 2.21. The van der Waals surface area contributed by atoms with Crippen molar-refractivity contribution in [2.24, 2.45) is 0 Å². The van der Waals surface area contributed by atoms with E-state index in [2.05, 4.69) is 0 Å². The minimum Gasteiger partial charge on any atom is -0.486 e. The summed E-state index contributed by atoms with van der Waals surface area (Å²) >= 11 is 0. The normalized spacial score (nSPS) is 27.5. The maximum absolute atomic E-state index is 11.1. The van der Waals surface area contributed by atoms with E-state index >= 15 is 0 Å². The van der Waals surface area contributed by atoms with Crippen LogP contribution in [0.4, 0.5) is 0 Å². The third kappa shape index (κ3) is 1.00. The van der Waals surface area contributed by atoms with E-state index in [0.29, 0.717) is 0 Å². The molecular weight excluding hydrogens is 140 g/mol. The fourth-order valence-corrected chi connectivity index (χ4v) is 1.27. The molecule has 1 unspecified atom stereocenters. The largest absolute Gasteiger partial charge is 0.486 e. The number of carbonyl (C=O) groups excluding carboxylic acids is 1. The molecule has 0 saturated heterocycles. The van der Waals surface area contributed by atoms with Crippen LogP contribution >= 0.6 is 0 Å². The Morgan fingerprint density at radius 2 is 2.45 bits per heavy atom. The van der Waals surface area contributed by atoms with E-state index in [1.54, 1.807) is 18.4 Å². The number of carbonyl (C=O) groups is 1. The summed E-state index contributed by atoms with van der Waals surface area (Å²) in [5, 5.41) is 0. The van der Waals surface area contributed by atoms with Gasteiger partial charge in [-0.2, -0.15) is 0 Å². The monoisotopic (exact) mass is 148 g/mol. The topological polar surface area (TPSA) is 26.3 Å². The Labute approximate surface area is 64.9 Å². The lowest BCUT2D eigenvalue weighted by Crippen LogP contribution is -2.26. The Morgan fingerprint density at radius 1 is 1.55 bits per heavy atom. The lowest BCUT2D eigenvalue weighted by atomic mass is 9.96. The molecule has 0 aromatic rings. The van der Waals surface area contributed by atoms with Gasteiger partial charge >= 0.3 is 0 Å². The second-order valence-electron chi connectivity index (χ2n) is 2.60. The number of rotatable bonds is 0. The van der Waals surface area contributed by atoms with Gasteiger partial charge in [-0.25, -0.2) is 0 Å². The maximum atomic E-state index is 11.1. The number of ketones is 1. The van der Waals surface area contributed by atoms with Crippen LogP contribution in [0.15, 0.2) is 36.1 Å². The SMILES string of the molecule is O=C1C=CC=C2CC=COC12. The Bertz CT molecular complexity index is 271. The highest BCUT2D eigenvalue weighted by atomic mass is 16.5. The number of fused-ring (bicyclic) bond motifs is 1. The highest BCUT2D eigenvalue weighted by molar-refractivity contribution is 5.97. The standard InChI is InChI=1S/C9H8O2/c10-8-5-1-3-7-4-2-6-11-9(7)8/h1-3,5-6,9H,4H2. The smallest absolute Gasteiger partial charge is 0.200 e. The molecule has 0 fully saturated rings. The molecule has 11 heavy (non-hydrogen) atoms. The minimum atomic E-state index is -0.329. The van der Waals surface area contributed by atoms with Crippen LogP contribution in [0.3, 0.4) is 0 Å². The lowest BCUT2D eigenvalue weighted by molar-refractivity contribution is -0.121. The van der Waals surface area contributed by atoms with Crippen molar-refractivity contribution in [2.75, 3.05) is 0 Å². The zero-order valence-electron chi connectivity index (χ0n) is 5.99. The maximum Gasteiger partial charge on any atom is 0.200 e. The molecule has 0 amide bonds. The van der Waals surface area contributed by atoms with Crippen molar-refractivity contribution in [1.82, 2.24) is 0 Å². The fraction of sp³-hybridized carbons (Fsp3) is 0.222. The van der Waals surface area contributed by atoms with Crippen LogP contribution in [0, 0.1) is 0 Å². The van der Waals surface area contributed by atoms with Crippen LogP contribution in [-0.2, 0) is 9.53 Å². The summed E-state index contributed by atoms with van der Waals surface area (Å²) in [5.41, 5.74) is 1.06. The van der Waals surface area contributed by atoms with Gasteiger partial charge in [0.15, 0.2) is 11.9 Å². The molecule has 2 rings (SSSR count). The second kappa shape index (κ2) is 2.38. The van der Waals surface area contributed by atoms with Crippen molar-refractivity contribution in [3.8, 4) is 0 Å². The molecule has 0 spiro atoms. The summed E-state index contributed by atoms with van der Waals surface area (Å²) in [6, 6.07) is 0. The molecule has 56 valence electrons. The van der Waals surface area contributed by atoms with Crippen molar-refractivity contribution < 1.29 is 9.53 Å². The van der Waals surface area contributed by atoms with Gasteiger partial charge in [-0.1, -0.05) is 12.2 Å². The van der Waals surface area contributed by atoms with Crippen molar-refractivity contribution in [3.05, 3.63) is 36.1 Å². The van der Waals surface area contributed by atoms with Crippen molar-refractivity contribution in [3.63, 3.8) is 0 Å². The number of ether oxygens (including phenoxy) is 1. The first-order chi connectivity index (χ1) is 5.38. The first kappa shape index (κ1) is 6.40. The first-order valence-electron chi connectivity index (χ1n) is 3.59. The summed E-state index contributed by atoms with van der Waals surface area (Å²) < 4.78 is 5.14. The average molecular weight is 148 g/mol. The fourth-order valence-electron chi connectivity index (χ4n) is 1.27. The van der Waals surface area contributed by atoms with Gasteiger partial charge in [0.1, 0.15) is 0 Å². The summed E-state index contributed by atoms with van der Waals surface area (Å²) in [5.74, 6) is 0.0480. The third-order valence-corrected chi connectivity index (χ3v) is 1.83. The van der Waals surface area contributed by atoms with Gasteiger partial charge in [0, 0.05) is 0 Å². The quantitative estimate of drug-likeness (QED) is 0.518. The molecule has 1 heterocycles. The van der Waals surface area contributed by atoms with Gasteiger partial charge in [-0.15, -0.1) is 0 Å². The summed E-state index contributed by atoms with van der Waals surface area (Å²) in [6.45, 7) is 0. The first-order valence-corrected chi connectivity index (χ1v) is 3.59. The molecule has 0 aromatic carbocycles. The van der Waals surface area contributed by atoms with Crippen LogP contribution in [0.25, 0.3) is 0 Å². The number of allylic oxidation sites excluding steroid dienone is 3. The molecule has 0 N–H and O–H groups in total. The van der Waals surface area contributed by atoms with Crippen LogP contribution in [0.5, 0.6) is 0 Å². The van der Waals surface area contributed by atoms with Gasteiger partial charge in [-0.05, 0) is 24.1 Å². The molecular formula is C9H8O2. The van der Waals surface area contributed by atoms with Gasteiger partial charge in [-0.3, -0.25) is 4.79 Å². The van der Waals surface area contributed by atoms with E-state index in [1.807, 2.05) is 12.2 Å². The lowest BCUT2D eigenvalue weighted by Gasteiger charge is -2.21. The minimum absolute atomic E-state index is 0.0480. The summed E-state index contributed by atoms with van der Waals surface area (Å²) in [4.78, 5) is 11.1. The molecule has 2 nitrogen and oxygen atoms in total. The zero-order chi connectivity index (χ0) is 7.68. The molecule has 2 heteroatoms. The van der Waals surface area contributed by atoms with E-state index in [0.717, 1.165) is 12.0 Å². The number of hydrogen-bond acceptors (Lipinski definition) is 2. The van der Waals surface area contributed by atoms with Crippen molar-refractivity contribution in [2.45, 2.75) is 12.5 Å². The average Bonchev–Trinajstić information content (AvgIpc) is 2.06. The molecule has 0 bridgehead atoms. The Kier molecular flexibility index (Phi) is 1.39. The van der Waals surface area contributed by atoms with Gasteiger partial charge < -0.3 is 4.74 Å². The van der Waals surface area contributed by atoms with E-state index in [-0.39, 0.29) is 11.9 Å². The highest BCUT2D eigenvalue weighted by Gasteiger charge is 2.24. The molecule has 0 aromatic heterocycles. The predicted octanol–water partition coefficient (Wildman–Crippen LogP) is 1.35. The second-order valence-corrected chi connectivity index (χ2v) is 2.60. The van der Waals surface area contributed by atoms with Crippen molar-refractivity contribution >= 4 is 5.78 Å². The Hall–Kier alpha value is -1.31. The molecule has 1 aliphatic heterocycles. The molecule has 1 atom stereocenters. The van der Waals surface area contributed by atoms with Gasteiger partial charge in [0.05, 0.1) is 6.26 Å². The van der Waals surface area contributed by atoms with E-state index in [1.165, 1.54) is 0 Å². The van der Waals surface area contributed by atoms with Crippen molar-refractivity contribution in [1.29, 1.82) is 0 Å². The summed E-state index contributed by atoms with van der Waals surface area (Å²) in [7, 11) is 0.